The van der Waals surface area contributed by atoms with Crippen LogP contribution in [0.4, 0.5) is 0 Å². The summed E-state index contributed by atoms with van der Waals surface area (Å²) in [6, 6.07) is 6.25. The highest BCUT2D eigenvalue weighted by atomic mass is 16.7. The molecule has 1 aromatic rings. The second-order valence-electron chi connectivity index (χ2n) is 10.2. The third-order valence-corrected chi connectivity index (χ3v) is 8.92. The molecule has 1 N–H and O–H groups in total. The monoisotopic (exact) mass is 416 g/mol. The molecule has 1 heterocycles. The summed E-state index contributed by atoms with van der Waals surface area (Å²) in [4.78, 5) is 12.1. The van der Waals surface area contributed by atoms with Crippen molar-refractivity contribution in [1.29, 1.82) is 0 Å². The van der Waals surface area contributed by atoms with Crippen molar-refractivity contribution >= 4 is 5.78 Å². The Labute approximate surface area is 183 Å². The Morgan fingerprint density at radius 1 is 1.16 bits per heavy atom. The molecule has 0 spiro atoms. The Kier molecular flexibility index (Phi) is 4.02. The number of hydrogen-bond donors (Lipinski definition) is 1. The van der Waals surface area contributed by atoms with Crippen molar-refractivity contribution in [3.05, 3.63) is 46.6 Å². The summed E-state index contributed by atoms with van der Waals surface area (Å²) in [6.07, 6.45) is 13.6. The second kappa shape index (κ2) is 6.50. The van der Waals surface area contributed by atoms with Crippen LogP contribution in [0.2, 0.25) is 0 Å². The van der Waals surface area contributed by atoms with Crippen molar-refractivity contribution in [3.63, 3.8) is 0 Å². The zero-order chi connectivity index (χ0) is 21.4. The molecule has 1 aromatic carbocycles. The number of terminal acetylenes is 1. The third kappa shape index (κ3) is 2.56. The van der Waals surface area contributed by atoms with Gasteiger partial charge in [0.25, 0.3) is 0 Å². The van der Waals surface area contributed by atoms with Gasteiger partial charge in [0.15, 0.2) is 17.3 Å². The SMILES string of the molecule is C#C[C@]1(O)CC[C@H]2[C@@H]3CCC4=CC(=O)CCC4=C3[C@@H](c3ccc4c(c3)OCO4)C[C@@]21C. The zero-order valence-electron chi connectivity index (χ0n) is 17.9. The lowest BCUT2D eigenvalue weighted by Crippen LogP contribution is -2.50. The topological polar surface area (TPSA) is 55.8 Å². The molecule has 4 heteroatoms. The number of benzene rings is 1. The Morgan fingerprint density at radius 3 is 2.84 bits per heavy atom. The first-order valence-electron chi connectivity index (χ1n) is 11.5. The van der Waals surface area contributed by atoms with Gasteiger partial charge >= 0.3 is 0 Å². The lowest BCUT2D eigenvalue weighted by molar-refractivity contribution is -0.114. The highest BCUT2D eigenvalue weighted by Gasteiger charge is 2.62. The number of allylic oxidation sites excluding steroid dienone is 4. The third-order valence-electron chi connectivity index (χ3n) is 8.92. The van der Waals surface area contributed by atoms with E-state index in [9.17, 15) is 9.90 Å². The standard InChI is InChI=1S/C27H28O4/c1-3-27(29)11-10-22-20-7-4-16-12-18(28)6-8-19(16)25(20)21(14-26(22,27)2)17-5-9-23-24(13-17)31-15-30-23/h1,5,9,12-13,20-22,29H,4,6-8,10-11,14-15H2,2H3/t20-,21+,22-,26-,27-/m0/s1. The van der Waals surface area contributed by atoms with Gasteiger partial charge in [-0.05, 0) is 85.3 Å². The smallest absolute Gasteiger partial charge is 0.231 e. The summed E-state index contributed by atoms with van der Waals surface area (Å²) in [5, 5.41) is 11.5. The lowest BCUT2D eigenvalue weighted by Gasteiger charge is -2.53. The lowest BCUT2D eigenvalue weighted by atomic mass is 9.51. The van der Waals surface area contributed by atoms with E-state index in [1.165, 1.54) is 22.3 Å². The summed E-state index contributed by atoms with van der Waals surface area (Å²) in [5.41, 5.74) is 3.93. The molecule has 0 bridgehead atoms. The fourth-order valence-corrected chi connectivity index (χ4v) is 7.33. The molecule has 4 nitrogen and oxygen atoms in total. The molecule has 0 amide bonds. The summed E-state index contributed by atoms with van der Waals surface area (Å²) in [5.74, 6) is 5.55. The summed E-state index contributed by atoms with van der Waals surface area (Å²) >= 11 is 0. The maximum atomic E-state index is 12.1. The minimum atomic E-state index is -1.07. The van der Waals surface area contributed by atoms with Gasteiger partial charge < -0.3 is 14.6 Å². The van der Waals surface area contributed by atoms with Gasteiger partial charge in [0.1, 0.15) is 5.60 Å². The van der Waals surface area contributed by atoms with Crippen LogP contribution < -0.4 is 9.47 Å². The zero-order valence-corrected chi connectivity index (χ0v) is 17.9. The molecule has 2 saturated carbocycles. The summed E-state index contributed by atoms with van der Waals surface area (Å²) in [7, 11) is 0. The number of rotatable bonds is 1. The number of carbonyl (C=O) groups excluding carboxylic acids is 1. The first kappa shape index (κ1) is 19.2. The average molecular weight is 417 g/mol. The summed E-state index contributed by atoms with van der Waals surface area (Å²) in [6.45, 7) is 2.47. The van der Waals surface area contributed by atoms with Crippen molar-refractivity contribution in [1.82, 2.24) is 0 Å². The van der Waals surface area contributed by atoms with Crippen LogP contribution >= 0.6 is 0 Å². The number of carbonyl (C=O) groups is 1. The van der Waals surface area contributed by atoms with Gasteiger partial charge in [0, 0.05) is 17.8 Å². The second-order valence-corrected chi connectivity index (χ2v) is 10.2. The Balaban J connectivity index is 1.54. The normalized spacial score (nSPS) is 38.2. The van der Waals surface area contributed by atoms with Crippen molar-refractivity contribution < 1.29 is 19.4 Å². The average Bonchev–Trinajstić information content (AvgIpc) is 3.34. The molecule has 5 aliphatic rings. The molecule has 0 aromatic heterocycles. The highest BCUT2D eigenvalue weighted by molar-refractivity contribution is 5.93. The molecule has 160 valence electrons. The highest BCUT2D eigenvalue weighted by Crippen LogP contribution is 2.66. The van der Waals surface area contributed by atoms with Crippen LogP contribution in [0.3, 0.4) is 0 Å². The van der Waals surface area contributed by atoms with E-state index >= 15 is 0 Å². The fraction of sp³-hybridized carbons (Fsp3) is 0.519. The van der Waals surface area contributed by atoms with Crippen LogP contribution in [0.5, 0.6) is 11.5 Å². The first-order valence-corrected chi connectivity index (χ1v) is 11.5. The van der Waals surface area contributed by atoms with Gasteiger partial charge in [-0.2, -0.15) is 0 Å². The predicted octanol–water partition coefficient (Wildman–Crippen LogP) is 4.68. The van der Waals surface area contributed by atoms with Crippen LogP contribution in [0.15, 0.2) is 41.0 Å². The Morgan fingerprint density at radius 2 is 2.00 bits per heavy atom. The van der Waals surface area contributed by atoms with Crippen molar-refractivity contribution in [2.75, 3.05) is 6.79 Å². The van der Waals surface area contributed by atoms with Crippen LogP contribution in [0.25, 0.3) is 0 Å². The van der Waals surface area contributed by atoms with Crippen LogP contribution in [-0.4, -0.2) is 23.3 Å². The molecule has 2 fully saturated rings. The fourth-order valence-electron chi connectivity index (χ4n) is 7.33. The van der Waals surface area contributed by atoms with Crippen molar-refractivity contribution in [2.24, 2.45) is 17.3 Å². The minimum absolute atomic E-state index is 0.158. The Bertz CT molecular complexity index is 1090. The maximum Gasteiger partial charge on any atom is 0.231 e. The molecule has 5 atom stereocenters. The van der Waals surface area contributed by atoms with E-state index in [-0.39, 0.29) is 23.9 Å². The van der Waals surface area contributed by atoms with E-state index in [1.54, 1.807) is 0 Å². The molecule has 1 aliphatic heterocycles. The van der Waals surface area contributed by atoms with E-state index in [0.29, 0.717) is 24.7 Å². The van der Waals surface area contributed by atoms with E-state index < -0.39 is 5.60 Å². The van der Waals surface area contributed by atoms with Crippen molar-refractivity contribution in [3.8, 4) is 23.8 Å². The Hall–Kier alpha value is -2.51. The number of fused-ring (bicyclic) bond motifs is 5. The molecule has 4 aliphatic carbocycles. The molecule has 31 heavy (non-hydrogen) atoms. The van der Waals surface area contributed by atoms with E-state index in [4.69, 9.17) is 15.9 Å². The van der Waals surface area contributed by atoms with Gasteiger partial charge in [0.05, 0.1) is 0 Å². The molecular formula is C27H28O4. The first-order chi connectivity index (χ1) is 14.9. The largest absolute Gasteiger partial charge is 0.454 e. The van der Waals surface area contributed by atoms with Gasteiger partial charge in [-0.25, -0.2) is 0 Å². The predicted molar refractivity (Wildman–Crippen MR) is 117 cm³/mol. The maximum absolute atomic E-state index is 12.1. The number of ether oxygens (including phenoxy) is 2. The molecule has 0 unspecified atom stereocenters. The van der Waals surface area contributed by atoms with E-state index in [0.717, 1.165) is 43.6 Å². The number of hydrogen-bond acceptors (Lipinski definition) is 4. The van der Waals surface area contributed by atoms with E-state index in [2.05, 4.69) is 25.0 Å². The minimum Gasteiger partial charge on any atom is -0.454 e. The van der Waals surface area contributed by atoms with Gasteiger partial charge in [-0.3, -0.25) is 4.79 Å². The van der Waals surface area contributed by atoms with Crippen molar-refractivity contribution in [2.45, 2.75) is 63.4 Å². The molecular weight excluding hydrogens is 388 g/mol. The molecule has 0 saturated heterocycles. The number of ketones is 1. The summed E-state index contributed by atoms with van der Waals surface area (Å²) < 4.78 is 11.2. The van der Waals surface area contributed by atoms with Gasteiger partial charge in [-0.15, -0.1) is 6.42 Å². The number of aliphatic hydroxyl groups is 1. The van der Waals surface area contributed by atoms with E-state index in [1.807, 2.05) is 12.1 Å². The quantitative estimate of drug-likeness (QED) is 0.676. The molecule has 6 rings (SSSR count). The van der Waals surface area contributed by atoms with Gasteiger partial charge in [0.2, 0.25) is 6.79 Å². The van der Waals surface area contributed by atoms with Crippen LogP contribution in [0.1, 0.15) is 63.4 Å². The molecule has 0 radical (unpaired) electrons. The van der Waals surface area contributed by atoms with Gasteiger partial charge in [-0.1, -0.05) is 24.5 Å². The van der Waals surface area contributed by atoms with Crippen LogP contribution in [-0.2, 0) is 4.79 Å². The van der Waals surface area contributed by atoms with Crippen LogP contribution in [0, 0.1) is 29.6 Å².